The molecule has 5 nitrogen and oxygen atoms in total. The molecule has 1 aliphatic carbocycles. The van der Waals surface area contributed by atoms with Gasteiger partial charge in [0.15, 0.2) is 5.82 Å². The molecule has 0 aromatic carbocycles. The van der Waals surface area contributed by atoms with Gasteiger partial charge in [0.2, 0.25) is 0 Å². The fourth-order valence-electron chi connectivity index (χ4n) is 2.37. The summed E-state index contributed by atoms with van der Waals surface area (Å²) >= 11 is 0. The van der Waals surface area contributed by atoms with Crippen LogP contribution in [0.15, 0.2) is 24.4 Å². The van der Waals surface area contributed by atoms with Crippen LogP contribution in [0, 0.1) is 5.92 Å². The molecule has 0 bridgehead atoms. The molecule has 0 unspecified atom stereocenters. The monoisotopic (exact) mass is 274 g/mol. The zero-order valence-electron chi connectivity index (χ0n) is 12.0. The summed E-state index contributed by atoms with van der Waals surface area (Å²) < 4.78 is 7.74. The Morgan fingerprint density at radius 2 is 2.30 bits per heavy atom. The highest BCUT2D eigenvalue weighted by atomic mass is 16.5. The van der Waals surface area contributed by atoms with Crippen molar-refractivity contribution in [2.24, 2.45) is 11.7 Å². The van der Waals surface area contributed by atoms with E-state index in [4.69, 9.17) is 10.5 Å². The Morgan fingerprint density at radius 3 is 3.05 bits per heavy atom. The molecule has 0 radical (unpaired) electrons. The molecule has 1 fully saturated rings. The van der Waals surface area contributed by atoms with Crippen LogP contribution < -0.4 is 10.6 Å². The molecule has 0 amide bonds. The summed E-state index contributed by atoms with van der Waals surface area (Å²) in [6.07, 6.45) is 4.67. The van der Waals surface area contributed by atoms with Crippen LogP contribution in [0.1, 0.15) is 18.5 Å². The molecule has 1 saturated carbocycles. The number of aromatic nitrogens is 2. The molecule has 5 heteroatoms. The van der Waals surface area contributed by atoms with Crippen LogP contribution in [0.25, 0.3) is 5.65 Å². The standard InChI is InChI=1S/C15H22N4O/c1-18(8-9-20-11-12-5-6-12)15-13(10-16)19-7-3-2-4-14(19)17-15/h2-4,7,12H,5-6,8-11,16H2,1H3. The van der Waals surface area contributed by atoms with Gasteiger partial charge in [-0.1, -0.05) is 6.07 Å². The van der Waals surface area contributed by atoms with Crippen molar-refractivity contribution in [3.05, 3.63) is 30.1 Å². The van der Waals surface area contributed by atoms with Gasteiger partial charge in [0.05, 0.1) is 12.3 Å². The summed E-state index contributed by atoms with van der Waals surface area (Å²) in [5, 5.41) is 0. The maximum absolute atomic E-state index is 5.88. The summed E-state index contributed by atoms with van der Waals surface area (Å²) in [6.45, 7) is 2.96. The number of nitrogens with zero attached hydrogens (tertiary/aromatic N) is 3. The third kappa shape index (κ3) is 2.78. The van der Waals surface area contributed by atoms with E-state index < -0.39 is 0 Å². The van der Waals surface area contributed by atoms with Gasteiger partial charge in [0.25, 0.3) is 0 Å². The van der Waals surface area contributed by atoms with Crippen molar-refractivity contribution in [3.63, 3.8) is 0 Å². The molecule has 108 valence electrons. The van der Waals surface area contributed by atoms with E-state index >= 15 is 0 Å². The van der Waals surface area contributed by atoms with Crippen molar-refractivity contribution in [1.82, 2.24) is 9.38 Å². The Balaban J connectivity index is 1.67. The highest BCUT2D eigenvalue weighted by molar-refractivity contribution is 5.55. The van der Waals surface area contributed by atoms with Gasteiger partial charge < -0.3 is 19.8 Å². The molecular formula is C15H22N4O. The second kappa shape index (κ2) is 5.81. The molecule has 2 heterocycles. The highest BCUT2D eigenvalue weighted by Crippen LogP contribution is 2.28. The maximum Gasteiger partial charge on any atom is 0.152 e. The molecular weight excluding hydrogens is 252 g/mol. The Labute approximate surface area is 119 Å². The normalized spacial score (nSPS) is 14.9. The molecule has 2 aromatic heterocycles. The summed E-state index contributed by atoms with van der Waals surface area (Å²) in [7, 11) is 2.04. The predicted octanol–water partition coefficient (Wildman–Crippen LogP) is 1.66. The average Bonchev–Trinajstić information content (AvgIpc) is 3.21. The Bertz CT molecular complexity index is 576. The van der Waals surface area contributed by atoms with Gasteiger partial charge in [0.1, 0.15) is 5.65 Å². The average molecular weight is 274 g/mol. The second-order valence-corrected chi connectivity index (χ2v) is 5.45. The quantitative estimate of drug-likeness (QED) is 0.780. The van der Waals surface area contributed by atoms with Crippen molar-refractivity contribution < 1.29 is 4.74 Å². The summed E-state index contributed by atoms with van der Waals surface area (Å²) in [5.74, 6) is 1.77. The summed E-state index contributed by atoms with van der Waals surface area (Å²) in [5.41, 5.74) is 7.87. The van der Waals surface area contributed by atoms with E-state index in [-0.39, 0.29) is 0 Å². The second-order valence-electron chi connectivity index (χ2n) is 5.45. The number of hydrogen-bond donors (Lipinski definition) is 1. The van der Waals surface area contributed by atoms with Crippen LogP contribution in [-0.2, 0) is 11.3 Å². The first-order valence-corrected chi connectivity index (χ1v) is 7.24. The van der Waals surface area contributed by atoms with E-state index in [9.17, 15) is 0 Å². The van der Waals surface area contributed by atoms with Crippen molar-refractivity contribution in [1.29, 1.82) is 0 Å². The topological polar surface area (TPSA) is 55.8 Å². The lowest BCUT2D eigenvalue weighted by atomic mass is 10.4. The summed E-state index contributed by atoms with van der Waals surface area (Å²) in [6, 6.07) is 5.99. The Hall–Kier alpha value is -1.59. The van der Waals surface area contributed by atoms with Crippen molar-refractivity contribution in [3.8, 4) is 0 Å². The minimum absolute atomic E-state index is 0.480. The number of fused-ring (bicyclic) bond motifs is 1. The van der Waals surface area contributed by atoms with E-state index in [0.29, 0.717) is 6.54 Å². The van der Waals surface area contributed by atoms with E-state index in [2.05, 4.69) is 14.3 Å². The number of rotatable bonds is 7. The van der Waals surface area contributed by atoms with Crippen LogP contribution in [0.5, 0.6) is 0 Å². The molecule has 2 aromatic rings. The fraction of sp³-hybridized carbons (Fsp3) is 0.533. The minimum atomic E-state index is 0.480. The third-order valence-corrected chi connectivity index (χ3v) is 3.78. The number of pyridine rings is 1. The van der Waals surface area contributed by atoms with Gasteiger partial charge in [-0.2, -0.15) is 0 Å². The minimum Gasteiger partial charge on any atom is -0.379 e. The smallest absolute Gasteiger partial charge is 0.152 e. The number of ether oxygens (including phenoxy) is 1. The third-order valence-electron chi connectivity index (χ3n) is 3.78. The SMILES string of the molecule is CN(CCOCC1CC1)c1nc2ccccn2c1CN. The van der Waals surface area contributed by atoms with Crippen LogP contribution in [0.3, 0.4) is 0 Å². The molecule has 1 aliphatic rings. The first-order valence-electron chi connectivity index (χ1n) is 7.24. The van der Waals surface area contributed by atoms with Crippen molar-refractivity contribution >= 4 is 11.5 Å². The number of hydrogen-bond acceptors (Lipinski definition) is 4. The van der Waals surface area contributed by atoms with Gasteiger partial charge in [-0.3, -0.25) is 0 Å². The number of anilines is 1. The fourth-order valence-corrected chi connectivity index (χ4v) is 2.37. The number of nitrogens with two attached hydrogens (primary N) is 1. The zero-order valence-corrected chi connectivity index (χ0v) is 12.0. The van der Waals surface area contributed by atoms with E-state index in [1.807, 2.05) is 31.4 Å². The Kier molecular flexibility index (Phi) is 3.89. The highest BCUT2D eigenvalue weighted by Gasteiger charge is 2.21. The summed E-state index contributed by atoms with van der Waals surface area (Å²) in [4.78, 5) is 6.79. The van der Waals surface area contributed by atoms with Crippen molar-refractivity contribution in [2.45, 2.75) is 19.4 Å². The Morgan fingerprint density at radius 1 is 1.45 bits per heavy atom. The van der Waals surface area contributed by atoms with E-state index in [0.717, 1.165) is 42.8 Å². The predicted molar refractivity (Wildman–Crippen MR) is 79.9 cm³/mol. The molecule has 3 rings (SSSR count). The molecule has 0 aliphatic heterocycles. The molecule has 20 heavy (non-hydrogen) atoms. The first kappa shape index (κ1) is 13.4. The van der Waals surface area contributed by atoms with Gasteiger partial charge >= 0.3 is 0 Å². The van der Waals surface area contributed by atoms with Gasteiger partial charge in [-0.25, -0.2) is 4.98 Å². The van der Waals surface area contributed by atoms with Crippen LogP contribution in [0.2, 0.25) is 0 Å². The maximum atomic E-state index is 5.88. The molecule has 0 spiro atoms. The van der Waals surface area contributed by atoms with Crippen LogP contribution in [-0.4, -0.2) is 36.2 Å². The van der Waals surface area contributed by atoms with Gasteiger partial charge in [0, 0.05) is 32.9 Å². The zero-order chi connectivity index (χ0) is 13.9. The number of imidazole rings is 1. The van der Waals surface area contributed by atoms with E-state index in [1.54, 1.807) is 0 Å². The lowest BCUT2D eigenvalue weighted by molar-refractivity contribution is 0.131. The lowest BCUT2D eigenvalue weighted by Gasteiger charge is -2.18. The molecule has 0 atom stereocenters. The van der Waals surface area contributed by atoms with Crippen LogP contribution >= 0.6 is 0 Å². The number of likely N-dealkylation sites (N-methyl/N-ethyl adjacent to an activating group) is 1. The van der Waals surface area contributed by atoms with Crippen molar-refractivity contribution in [2.75, 3.05) is 31.7 Å². The van der Waals surface area contributed by atoms with Gasteiger partial charge in [-0.05, 0) is 30.9 Å². The first-order chi connectivity index (χ1) is 9.79. The van der Waals surface area contributed by atoms with Crippen LogP contribution in [0.4, 0.5) is 5.82 Å². The van der Waals surface area contributed by atoms with Gasteiger partial charge in [-0.15, -0.1) is 0 Å². The molecule has 0 saturated heterocycles. The molecule has 2 N–H and O–H groups in total. The lowest BCUT2D eigenvalue weighted by Crippen LogP contribution is -2.25. The van der Waals surface area contributed by atoms with E-state index in [1.165, 1.54) is 12.8 Å². The largest absolute Gasteiger partial charge is 0.379 e.